The van der Waals surface area contributed by atoms with E-state index in [2.05, 4.69) is 15.2 Å². The predicted molar refractivity (Wildman–Crippen MR) is 69.6 cm³/mol. The van der Waals surface area contributed by atoms with Crippen molar-refractivity contribution in [2.75, 3.05) is 30.8 Å². The van der Waals surface area contributed by atoms with Gasteiger partial charge in [-0.25, -0.2) is 4.98 Å². The fraction of sp³-hybridized carbons (Fsp3) is 0.500. The zero-order valence-corrected chi connectivity index (χ0v) is 10.6. The van der Waals surface area contributed by atoms with Crippen molar-refractivity contribution in [3.63, 3.8) is 0 Å². The van der Waals surface area contributed by atoms with Crippen LogP contribution in [-0.2, 0) is 4.79 Å². The van der Waals surface area contributed by atoms with Crippen LogP contribution < -0.4 is 20.7 Å². The smallest absolute Gasteiger partial charge is 0.239 e. The maximum absolute atomic E-state index is 11.0. The maximum Gasteiger partial charge on any atom is 0.239 e. The minimum absolute atomic E-state index is 0.00197. The molecule has 2 rings (SSSR count). The van der Waals surface area contributed by atoms with E-state index in [-0.39, 0.29) is 11.9 Å². The molecule has 98 valence electrons. The Bertz CT molecular complexity index is 450. The first kappa shape index (κ1) is 12.5. The Labute approximate surface area is 106 Å². The second kappa shape index (κ2) is 5.12. The number of carbonyl (C=O) groups excluding carboxylic acids is 1. The SMILES string of the molecule is COc1nccc(N2CCC(NC(C)=O)C2)c1N. The summed E-state index contributed by atoms with van der Waals surface area (Å²) < 4.78 is 5.10. The van der Waals surface area contributed by atoms with E-state index in [0.29, 0.717) is 11.6 Å². The molecule has 1 aromatic heterocycles. The third kappa shape index (κ3) is 2.47. The van der Waals surface area contributed by atoms with Gasteiger partial charge in [-0.3, -0.25) is 4.79 Å². The molecule has 0 saturated carbocycles. The van der Waals surface area contributed by atoms with Gasteiger partial charge in [0.25, 0.3) is 0 Å². The lowest BCUT2D eigenvalue weighted by Crippen LogP contribution is -2.35. The van der Waals surface area contributed by atoms with Gasteiger partial charge in [-0.05, 0) is 12.5 Å². The van der Waals surface area contributed by atoms with Crippen molar-refractivity contribution in [1.29, 1.82) is 0 Å². The van der Waals surface area contributed by atoms with E-state index in [9.17, 15) is 4.79 Å². The molecule has 18 heavy (non-hydrogen) atoms. The number of nitrogens with one attached hydrogen (secondary N) is 1. The fourth-order valence-corrected chi connectivity index (χ4v) is 2.27. The lowest BCUT2D eigenvalue weighted by molar-refractivity contribution is -0.119. The molecule has 1 fully saturated rings. The van der Waals surface area contributed by atoms with Crippen molar-refractivity contribution in [3.8, 4) is 5.88 Å². The van der Waals surface area contributed by atoms with Crippen molar-refractivity contribution in [3.05, 3.63) is 12.3 Å². The summed E-state index contributed by atoms with van der Waals surface area (Å²) in [5, 5.41) is 2.92. The van der Waals surface area contributed by atoms with Gasteiger partial charge in [-0.15, -0.1) is 0 Å². The Balaban J connectivity index is 2.12. The molecule has 1 unspecified atom stereocenters. The number of ether oxygens (including phenoxy) is 1. The number of anilines is 2. The van der Waals surface area contributed by atoms with Gasteiger partial charge < -0.3 is 20.7 Å². The number of hydrogen-bond donors (Lipinski definition) is 2. The van der Waals surface area contributed by atoms with Crippen LogP contribution in [0.4, 0.5) is 11.4 Å². The van der Waals surface area contributed by atoms with E-state index < -0.39 is 0 Å². The van der Waals surface area contributed by atoms with Crippen LogP contribution in [0.5, 0.6) is 5.88 Å². The number of amides is 1. The van der Waals surface area contributed by atoms with Crippen LogP contribution in [0.1, 0.15) is 13.3 Å². The van der Waals surface area contributed by atoms with Crippen molar-refractivity contribution in [2.24, 2.45) is 0 Å². The highest BCUT2D eigenvalue weighted by Crippen LogP contribution is 2.31. The van der Waals surface area contributed by atoms with Crippen molar-refractivity contribution >= 4 is 17.3 Å². The molecule has 0 spiro atoms. The molecule has 1 aliphatic rings. The normalized spacial score (nSPS) is 18.8. The van der Waals surface area contributed by atoms with Gasteiger partial charge in [0.2, 0.25) is 11.8 Å². The third-order valence-electron chi connectivity index (χ3n) is 3.06. The summed E-state index contributed by atoms with van der Waals surface area (Å²) in [6.45, 7) is 3.16. The second-order valence-corrected chi connectivity index (χ2v) is 4.39. The molecule has 2 heterocycles. The summed E-state index contributed by atoms with van der Waals surface area (Å²) in [5.74, 6) is 0.442. The molecule has 1 saturated heterocycles. The molecule has 1 amide bonds. The van der Waals surface area contributed by atoms with Crippen LogP contribution in [0.25, 0.3) is 0 Å². The van der Waals surface area contributed by atoms with Crippen molar-refractivity contribution in [1.82, 2.24) is 10.3 Å². The first-order chi connectivity index (χ1) is 8.61. The van der Waals surface area contributed by atoms with Crippen LogP contribution >= 0.6 is 0 Å². The summed E-state index contributed by atoms with van der Waals surface area (Å²) in [7, 11) is 1.55. The van der Waals surface area contributed by atoms with Gasteiger partial charge in [0.15, 0.2) is 0 Å². The topological polar surface area (TPSA) is 80.5 Å². The van der Waals surface area contributed by atoms with E-state index in [1.54, 1.807) is 13.3 Å². The van der Waals surface area contributed by atoms with E-state index in [0.717, 1.165) is 25.2 Å². The Hall–Kier alpha value is -1.98. The third-order valence-corrected chi connectivity index (χ3v) is 3.06. The van der Waals surface area contributed by atoms with Crippen LogP contribution in [0, 0.1) is 0 Å². The van der Waals surface area contributed by atoms with Gasteiger partial charge in [-0.1, -0.05) is 0 Å². The number of nitrogens with two attached hydrogens (primary N) is 1. The van der Waals surface area contributed by atoms with Crippen LogP contribution in [0.3, 0.4) is 0 Å². The molecule has 0 aliphatic carbocycles. The Morgan fingerprint density at radius 2 is 2.44 bits per heavy atom. The molecule has 1 aromatic rings. The second-order valence-electron chi connectivity index (χ2n) is 4.39. The summed E-state index contributed by atoms with van der Waals surface area (Å²) in [4.78, 5) is 17.2. The Kier molecular flexibility index (Phi) is 3.55. The summed E-state index contributed by atoms with van der Waals surface area (Å²) in [6.07, 6.45) is 2.60. The van der Waals surface area contributed by atoms with Gasteiger partial charge in [0, 0.05) is 32.3 Å². The zero-order valence-electron chi connectivity index (χ0n) is 10.6. The summed E-state index contributed by atoms with van der Waals surface area (Å²) >= 11 is 0. The summed E-state index contributed by atoms with van der Waals surface area (Å²) in [6, 6.07) is 2.05. The van der Waals surface area contributed by atoms with Crippen molar-refractivity contribution < 1.29 is 9.53 Å². The number of hydrogen-bond acceptors (Lipinski definition) is 5. The highest BCUT2D eigenvalue weighted by molar-refractivity contribution is 5.74. The van der Waals surface area contributed by atoms with E-state index in [1.165, 1.54) is 6.92 Å². The van der Waals surface area contributed by atoms with Crippen molar-refractivity contribution in [2.45, 2.75) is 19.4 Å². The van der Waals surface area contributed by atoms with Crippen LogP contribution in [0.2, 0.25) is 0 Å². The first-order valence-electron chi connectivity index (χ1n) is 5.92. The number of methoxy groups -OCH3 is 1. The summed E-state index contributed by atoms with van der Waals surface area (Å²) in [5.41, 5.74) is 7.46. The largest absolute Gasteiger partial charge is 0.479 e. The molecule has 6 heteroatoms. The molecular weight excluding hydrogens is 232 g/mol. The highest BCUT2D eigenvalue weighted by Gasteiger charge is 2.25. The maximum atomic E-state index is 11.0. The predicted octanol–water partition coefficient (Wildman–Crippen LogP) is 0.387. The average Bonchev–Trinajstić information content (AvgIpc) is 2.76. The first-order valence-corrected chi connectivity index (χ1v) is 5.92. The molecule has 6 nitrogen and oxygen atoms in total. The quantitative estimate of drug-likeness (QED) is 0.811. The molecular formula is C12H18N4O2. The molecule has 0 radical (unpaired) electrons. The molecule has 0 bridgehead atoms. The number of pyridine rings is 1. The van der Waals surface area contributed by atoms with Gasteiger partial charge in [-0.2, -0.15) is 0 Å². The fourth-order valence-electron chi connectivity index (χ4n) is 2.27. The van der Waals surface area contributed by atoms with E-state index in [4.69, 9.17) is 10.5 Å². The highest BCUT2D eigenvalue weighted by atomic mass is 16.5. The molecule has 3 N–H and O–H groups in total. The number of nitrogen functional groups attached to an aromatic ring is 1. The lowest BCUT2D eigenvalue weighted by Gasteiger charge is -2.21. The standard InChI is InChI=1S/C12H18N4O2/c1-8(17)15-9-4-6-16(7-9)10-3-5-14-12(18-2)11(10)13/h3,5,9H,4,6-7,13H2,1-2H3,(H,15,17). The molecule has 1 aliphatic heterocycles. The Morgan fingerprint density at radius 1 is 1.67 bits per heavy atom. The van der Waals surface area contributed by atoms with Gasteiger partial charge in [0.05, 0.1) is 12.8 Å². The number of nitrogens with zero attached hydrogens (tertiary/aromatic N) is 2. The Morgan fingerprint density at radius 3 is 3.11 bits per heavy atom. The van der Waals surface area contributed by atoms with Gasteiger partial charge in [0.1, 0.15) is 5.69 Å². The van der Waals surface area contributed by atoms with E-state index in [1.807, 2.05) is 6.07 Å². The monoisotopic (exact) mass is 250 g/mol. The van der Waals surface area contributed by atoms with E-state index >= 15 is 0 Å². The molecule has 0 aromatic carbocycles. The van der Waals surface area contributed by atoms with Crippen LogP contribution in [-0.4, -0.2) is 37.1 Å². The van der Waals surface area contributed by atoms with Crippen LogP contribution in [0.15, 0.2) is 12.3 Å². The lowest BCUT2D eigenvalue weighted by atomic mass is 10.2. The minimum Gasteiger partial charge on any atom is -0.479 e. The number of carbonyl (C=O) groups is 1. The number of rotatable bonds is 3. The minimum atomic E-state index is 0.00197. The molecule has 1 atom stereocenters. The average molecular weight is 250 g/mol. The number of aromatic nitrogens is 1. The zero-order chi connectivity index (χ0) is 13.1. The van der Waals surface area contributed by atoms with Gasteiger partial charge >= 0.3 is 0 Å².